The molecule has 2 heterocycles. The Balaban J connectivity index is 2.08. The Morgan fingerprint density at radius 1 is 1.64 bits per heavy atom. The van der Waals surface area contributed by atoms with Crippen LogP contribution < -0.4 is 0 Å². The van der Waals surface area contributed by atoms with Crippen molar-refractivity contribution >= 4 is 16.3 Å². The SMILES string of the molecule is CN(CCO)Cc1cn2ccsc2n1. The number of hydrogen-bond acceptors (Lipinski definition) is 4. The van der Waals surface area contributed by atoms with Crippen molar-refractivity contribution in [1.82, 2.24) is 14.3 Å². The average Bonchev–Trinajstić information content (AvgIpc) is 2.63. The van der Waals surface area contributed by atoms with E-state index in [1.54, 1.807) is 11.3 Å². The summed E-state index contributed by atoms with van der Waals surface area (Å²) in [6, 6.07) is 0. The lowest BCUT2D eigenvalue weighted by molar-refractivity contribution is 0.216. The number of likely N-dealkylation sites (N-methyl/N-ethyl adjacent to an activating group) is 1. The van der Waals surface area contributed by atoms with Crippen molar-refractivity contribution < 1.29 is 5.11 Å². The molecule has 0 bridgehead atoms. The molecule has 0 aromatic carbocycles. The van der Waals surface area contributed by atoms with E-state index in [0.717, 1.165) is 17.2 Å². The highest BCUT2D eigenvalue weighted by Gasteiger charge is 2.04. The topological polar surface area (TPSA) is 40.8 Å². The minimum atomic E-state index is 0.193. The van der Waals surface area contributed by atoms with Crippen LogP contribution >= 0.6 is 11.3 Å². The van der Waals surface area contributed by atoms with Gasteiger partial charge in [0.2, 0.25) is 0 Å². The van der Waals surface area contributed by atoms with Gasteiger partial charge >= 0.3 is 0 Å². The van der Waals surface area contributed by atoms with E-state index in [4.69, 9.17) is 5.11 Å². The van der Waals surface area contributed by atoms with E-state index in [2.05, 4.69) is 4.98 Å². The molecule has 0 fully saturated rings. The van der Waals surface area contributed by atoms with Gasteiger partial charge in [0.25, 0.3) is 0 Å². The molecule has 0 saturated heterocycles. The smallest absolute Gasteiger partial charge is 0.193 e. The Hall–Kier alpha value is -0.910. The van der Waals surface area contributed by atoms with Crippen LogP contribution in [-0.2, 0) is 6.54 Å². The highest BCUT2D eigenvalue weighted by molar-refractivity contribution is 7.15. The minimum absolute atomic E-state index is 0.193. The molecular formula is C9H13N3OS. The summed E-state index contributed by atoms with van der Waals surface area (Å²) in [4.78, 5) is 7.53. The van der Waals surface area contributed by atoms with Gasteiger partial charge in [0.1, 0.15) is 0 Å². The third-order valence-corrected chi connectivity index (χ3v) is 2.83. The van der Waals surface area contributed by atoms with Gasteiger partial charge in [0.05, 0.1) is 12.3 Å². The van der Waals surface area contributed by atoms with Gasteiger partial charge < -0.3 is 5.11 Å². The van der Waals surface area contributed by atoms with Crippen LogP contribution in [0, 0.1) is 0 Å². The molecule has 0 unspecified atom stereocenters. The van der Waals surface area contributed by atoms with Crippen molar-refractivity contribution in [3.8, 4) is 0 Å². The van der Waals surface area contributed by atoms with Crippen LogP contribution in [0.5, 0.6) is 0 Å². The maximum atomic E-state index is 8.75. The Labute approximate surface area is 86.4 Å². The number of thiazole rings is 1. The fraction of sp³-hybridized carbons (Fsp3) is 0.444. The first-order chi connectivity index (χ1) is 6.79. The normalized spacial score (nSPS) is 11.6. The first-order valence-electron chi connectivity index (χ1n) is 4.50. The molecule has 0 aliphatic heterocycles. The zero-order valence-electron chi connectivity index (χ0n) is 8.05. The Morgan fingerprint density at radius 3 is 3.21 bits per heavy atom. The summed E-state index contributed by atoms with van der Waals surface area (Å²) in [5.41, 5.74) is 1.05. The van der Waals surface area contributed by atoms with Gasteiger partial charge in [0.15, 0.2) is 4.96 Å². The van der Waals surface area contributed by atoms with Gasteiger partial charge in [-0.3, -0.25) is 9.30 Å². The number of hydrogen-bond donors (Lipinski definition) is 1. The summed E-state index contributed by atoms with van der Waals surface area (Å²) in [6.45, 7) is 1.67. The standard InChI is InChI=1S/C9H13N3OS/c1-11(2-4-13)6-8-7-12-3-5-14-9(12)10-8/h3,5,7,13H,2,4,6H2,1H3. The zero-order chi connectivity index (χ0) is 9.97. The van der Waals surface area contributed by atoms with Crippen LogP contribution in [0.3, 0.4) is 0 Å². The summed E-state index contributed by atoms with van der Waals surface area (Å²) in [5.74, 6) is 0. The number of aromatic nitrogens is 2. The lowest BCUT2D eigenvalue weighted by Crippen LogP contribution is -2.21. The van der Waals surface area contributed by atoms with Crippen molar-refractivity contribution in [3.05, 3.63) is 23.5 Å². The fourth-order valence-corrected chi connectivity index (χ4v) is 2.10. The Bertz CT molecular complexity index is 380. The van der Waals surface area contributed by atoms with E-state index in [1.165, 1.54) is 0 Å². The molecule has 5 heteroatoms. The van der Waals surface area contributed by atoms with E-state index in [-0.39, 0.29) is 6.61 Å². The summed E-state index contributed by atoms with van der Waals surface area (Å²) >= 11 is 1.63. The van der Waals surface area contributed by atoms with Crippen LogP contribution in [0.2, 0.25) is 0 Å². The van der Waals surface area contributed by atoms with Gasteiger partial charge in [-0.05, 0) is 7.05 Å². The van der Waals surface area contributed by atoms with E-state index in [1.807, 2.05) is 34.1 Å². The van der Waals surface area contributed by atoms with E-state index in [0.29, 0.717) is 6.54 Å². The molecular weight excluding hydrogens is 198 g/mol. The van der Waals surface area contributed by atoms with Crippen molar-refractivity contribution in [1.29, 1.82) is 0 Å². The van der Waals surface area contributed by atoms with E-state index < -0.39 is 0 Å². The molecule has 0 amide bonds. The van der Waals surface area contributed by atoms with Gasteiger partial charge in [-0.2, -0.15) is 0 Å². The van der Waals surface area contributed by atoms with Crippen molar-refractivity contribution in [3.63, 3.8) is 0 Å². The molecule has 2 aromatic rings. The van der Waals surface area contributed by atoms with Gasteiger partial charge in [-0.25, -0.2) is 4.98 Å². The lowest BCUT2D eigenvalue weighted by atomic mass is 10.4. The molecule has 0 spiro atoms. The quantitative estimate of drug-likeness (QED) is 0.814. The first kappa shape index (κ1) is 9.64. The summed E-state index contributed by atoms with van der Waals surface area (Å²) in [5, 5.41) is 10.8. The first-order valence-corrected chi connectivity index (χ1v) is 5.38. The number of fused-ring (bicyclic) bond motifs is 1. The molecule has 14 heavy (non-hydrogen) atoms. The summed E-state index contributed by atoms with van der Waals surface area (Å²) in [6.07, 6.45) is 4.03. The summed E-state index contributed by atoms with van der Waals surface area (Å²) in [7, 11) is 1.98. The third kappa shape index (κ3) is 1.95. The maximum Gasteiger partial charge on any atom is 0.193 e. The minimum Gasteiger partial charge on any atom is -0.395 e. The van der Waals surface area contributed by atoms with Crippen LogP contribution in [0.15, 0.2) is 17.8 Å². The maximum absolute atomic E-state index is 8.75. The molecule has 0 radical (unpaired) electrons. The van der Waals surface area contributed by atoms with Crippen molar-refractivity contribution in [2.24, 2.45) is 0 Å². The van der Waals surface area contributed by atoms with Gasteiger partial charge in [-0.1, -0.05) is 0 Å². The number of aliphatic hydroxyl groups excluding tert-OH is 1. The number of aliphatic hydroxyl groups is 1. The second kappa shape index (κ2) is 4.08. The summed E-state index contributed by atoms with van der Waals surface area (Å²) < 4.78 is 2.02. The van der Waals surface area contributed by atoms with E-state index >= 15 is 0 Å². The second-order valence-electron chi connectivity index (χ2n) is 3.29. The van der Waals surface area contributed by atoms with Gasteiger partial charge in [-0.15, -0.1) is 11.3 Å². The molecule has 2 aromatic heterocycles. The van der Waals surface area contributed by atoms with E-state index in [9.17, 15) is 0 Å². The zero-order valence-corrected chi connectivity index (χ0v) is 8.87. The van der Waals surface area contributed by atoms with Crippen LogP contribution in [0.25, 0.3) is 4.96 Å². The Morgan fingerprint density at radius 2 is 2.50 bits per heavy atom. The second-order valence-corrected chi connectivity index (χ2v) is 4.16. The van der Waals surface area contributed by atoms with Crippen molar-refractivity contribution in [2.75, 3.05) is 20.2 Å². The van der Waals surface area contributed by atoms with Crippen LogP contribution in [-0.4, -0.2) is 39.6 Å². The molecule has 4 nitrogen and oxygen atoms in total. The molecule has 0 saturated carbocycles. The van der Waals surface area contributed by atoms with Crippen LogP contribution in [0.4, 0.5) is 0 Å². The molecule has 0 aliphatic rings. The fourth-order valence-electron chi connectivity index (χ4n) is 1.38. The predicted octanol–water partition coefficient (Wildman–Crippen LogP) is 0.820. The number of nitrogens with zero attached hydrogens (tertiary/aromatic N) is 3. The predicted molar refractivity (Wildman–Crippen MR) is 56.5 cm³/mol. The monoisotopic (exact) mass is 211 g/mol. The molecule has 0 aliphatic carbocycles. The lowest BCUT2D eigenvalue weighted by Gasteiger charge is -2.12. The van der Waals surface area contributed by atoms with Crippen molar-refractivity contribution in [2.45, 2.75) is 6.54 Å². The Kier molecular flexibility index (Phi) is 2.81. The third-order valence-electron chi connectivity index (χ3n) is 2.06. The number of imidazole rings is 1. The largest absolute Gasteiger partial charge is 0.395 e. The highest BCUT2D eigenvalue weighted by Crippen LogP contribution is 2.12. The molecule has 1 N–H and O–H groups in total. The molecule has 0 atom stereocenters. The molecule has 2 rings (SSSR count). The molecule has 76 valence electrons. The van der Waals surface area contributed by atoms with Gasteiger partial charge in [0, 0.05) is 30.9 Å². The van der Waals surface area contributed by atoms with Crippen LogP contribution in [0.1, 0.15) is 5.69 Å². The average molecular weight is 211 g/mol. The highest BCUT2D eigenvalue weighted by atomic mass is 32.1. The number of rotatable bonds is 4.